The summed E-state index contributed by atoms with van der Waals surface area (Å²) >= 11 is 0. The number of hydrogen-bond acceptors (Lipinski definition) is 15. The van der Waals surface area contributed by atoms with Gasteiger partial charge in [0.15, 0.2) is 12.2 Å². The van der Waals surface area contributed by atoms with Crippen LogP contribution in [0.3, 0.4) is 0 Å². The maximum Gasteiger partial charge on any atom is 0.472 e. The van der Waals surface area contributed by atoms with Gasteiger partial charge in [0.05, 0.1) is 26.4 Å². The standard InChI is InChI=1S/C70H136O17P2/c1-5-9-13-17-21-24-27-30-31-32-33-35-38-41-45-49-53-57-70(75)87-66(61-81-68(73)55-51-47-43-39-37-34-28-25-22-18-14-10-6-2)63-85-89(78,79)83-59-64(71)58-82-88(76,77)84-62-65(60-80-67(72)54-50-46-42-20-16-12-8-4)86-69(74)56-52-48-44-40-36-29-26-23-19-15-11-7-3/h64-66,71H,5-63H2,1-4H3,(H,76,77)(H,78,79)/t64-,65+,66+/m0/s1. The molecule has 89 heavy (non-hydrogen) atoms. The Kier molecular flexibility index (Phi) is 63.3. The van der Waals surface area contributed by atoms with Gasteiger partial charge in [-0.1, -0.05) is 317 Å². The number of rotatable bonds is 71. The third kappa shape index (κ3) is 64.6. The molecule has 2 unspecified atom stereocenters. The molecule has 0 rings (SSSR count). The van der Waals surface area contributed by atoms with Crippen LogP contribution in [0.4, 0.5) is 0 Å². The first kappa shape index (κ1) is 87.1. The number of ether oxygens (including phenoxy) is 4. The van der Waals surface area contributed by atoms with Gasteiger partial charge in [0.2, 0.25) is 0 Å². The highest BCUT2D eigenvalue weighted by atomic mass is 31.2. The van der Waals surface area contributed by atoms with E-state index >= 15 is 0 Å². The van der Waals surface area contributed by atoms with E-state index in [4.69, 9.17) is 37.0 Å². The summed E-state index contributed by atoms with van der Waals surface area (Å²) in [5.74, 6) is -2.12. The van der Waals surface area contributed by atoms with Crippen LogP contribution in [-0.2, 0) is 65.4 Å². The van der Waals surface area contributed by atoms with Crippen LogP contribution in [0.5, 0.6) is 0 Å². The minimum atomic E-state index is -4.95. The van der Waals surface area contributed by atoms with Gasteiger partial charge >= 0.3 is 39.5 Å². The van der Waals surface area contributed by atoms with Gasteiger partial charge in [-0.15, -0.1) is 0 Å². The van der Waals surface area contributed by atoms with Crippen molar-refractivity contribution in [1.82, 2.24) is 0 Å². The topological polar surface area (TPSA) is 237 Å². The molecule has 17 nitrogen and oxygen atoms in total. The first-order valence-corrected chi connectivity index (χ1v) is 39.8. The Balaban J connectivity index is 5.19. The molecule has 0 aromatic heterocycles. The molecule has 0 aliphatic carbocycles. The maximum atomic E-state index is 13.0. The van der Waals surface area contributed by atoms with E-state index in [1.54, 1.807) is 0 Å². The second-order valence-electron chi connectivity index (χ2n) is 25.3. The fourth-order valence-electron chi connectivity index (χ4n) is 10.7. The van der Waals surface area contributed by atoms with Gasteiger partial charge in [0.25, 0.3) is 0 Å². The van der Waals surface area contributed by atoms with E-state index in [0.717, 1.165) is 103 Å². The molecule has 0 radical (unpaired) electrons. The minimum absolute atomic E-state index is 0.107. The zero-order valence-electron chi connectivity index (χ0n) is 57.4. The number of phosphoric acid groups is 2. The largest absolute Gasteiger partial charge is 0.472 e. The molecule has 0 aromatic rings. The normalized spacial score (nSPS) is 14.0. The quantitative estimate of drug-likeness (QED) is 0.0222. The van der Waals surface area contributed by atoms with Crippen LogP contribution < -0.4 is 0 Å². The molecule has 0 amide bonds. The van der Waals surface area contributed by atoms with E-state index in [2.05, 4.69) is 27.7 Å². The summed E-state index contributed by atoms with van der Waals surface area (Å²) in [6.07, 6.45) is 52.7. The lowest BCUT2D eigenvalue weighted by Crippen LogP contribution is -2.30. The SMILES string of the molecule is CCCCCCCCCCCCCCCCCCCC(=O)O[C@H](COC(=O)CCCCCCCCCCCCCCC)COP(=O)(O)OC[C@@H](O)COP(=O)(O)OC[C@@H](COC(=O)CCCCCCCCC)OC(=O)CCCCCCCCCCCCCC. The summed E-state index contributed by atoms with van der Waals surface area (Å²) in [4.78, 5) is 72.4. The minimum Gasteiger partial charge on any atom is -0.462 e. The molecule has 0 aromatic carbocycles. The molecular formula is C70H136O17P2. The molecule has 5 atom stereocenters. The third-order valence-electron chi connectivity index (χ3n) is 16.4. The molecule has 0 aliphatic rings. The first-order valence-electron chi connectivity index (χ1n) is 36.8. The molecule has 0 bridgehead atoms. The van der Waals surface area contributed by atoms with Crippen LogP contribution in [0.15, 0.2) is 0 Å². The van der Waals surface area contributed by atoms with E-state index in [1.807, 2.05) is 0 Å². The molecule has 0 aliphatic heterocycles. The lowest BCUT2D eigenvalue weighted by molar-refractivity contribution is -0.161. The molecule has 0 saturated heterocycles. The molecular weight excluding hydrogens is 1170 g/mol. The van der Waals surface area contributed by atoms with E-state index in [0.29, 0.717) is 25.7 Å². The van der Waals surface area contributed by atoms with Crippen molar-refractivity contribution >= 4 is 39.5 Å². The number of hydrogen-bond donors (Lipinski definition) is 3. The molecule has 19 heteroatoms. The van der Waals surface area contributed by atoms with Crippen molar-refractivity contribution in [1.29, 1.82) is 0 Å². The highest BCUT2D eigenvalue weighted by molar-refractivity contribution is 7.47. The lowest BCUT2D eigenvalue weighted by atomic mass is 10.0. The monoisotopic (exact) mass is 1310 g/mol. The predicted octanol–water partition coefficient (Wildman–Crippen LogP) is 20.3. The Morgan fingerprint density at radius 3 is 0.663 bits per heavy atom. The van der Waals surface area contributed by atoms with Crippen molar-refractivity contribution < 1.29 is 80.2 Å². The maximum absolute atomic E-state index is 13.0. The Bertz CT molecular complexity index is 1710. The highest BCUT2D eigenvalue weighted by Crippen LogP contribution is 2.45. The average Bonchev–Trinajstić information content (AvgIpc) is 3.56. The van der Waals surface area contributed by atoms with Gasteiger partial charge < -0.3 is 33.8 Å². The van der Waals surface area contributed by atoms with Crippen molar-refractivity contribution in [3.8, 4) is 0 Å². The number of carbonyl (C=O) groups is 4. The Labute approximate surface area is 543 Å². The van der Waals surface area contributed by atoms with Crippen molar-refractivity contribution in [2.75, 3.05) is 39.6 Å². The molecule has 0 fully saturated rings. The number of aliphatic hydroxyl groups is 1. The Morgan fingerprint density at radius 1 is 0.270 bits per heavy atom. The van der Waals surface area contributed by atoms with Crippen LogP contribution in [-0.4, -0.2) is 96.7 Å². The average molecular weight is 1310 g/mol. The third-order valence-corrected chi connectivity index (χ3v) is 18.3. The number of carbonyl (C=O) groups excluding carboxylic acids is 4. The summed E-state index contributed by atoms with van der Waals surface area (Å²) in [5.41, 5.74) is 0. The summed E-state index contributed by atoms with van der Waals surface area (Å²) in [7, 11) is -9.89. The number of unbranched alkanes of at least 4 members (excludes halogenated alkanes) is 45. The van der Waals surface area contributed by atoms with Gasteiger partial charge in [-0.3, -0.25) is 37.3 Å². The van der Waals surface area contributed by atoms with Gasteiger partial charge in [-0.05, 0) is 25.7 Å². The Morgan fingerprint density at radius 2 is 0.449 bits per heavy atom. The summed E-state index contributed by atoms with van der Waals surface area (Å²) in [5, 5.41) is 10.6. The van der Waals surface area contributed by atoms with Gasteiger partial charge in [0, 0.05) is 25.7 Å². The Hall–Kier alpha value is -1.94. The number of phosphoric ester groups is 2. The predicted molar refractivity (Wildman–Crippen MR) is 359 cm³/mol. The second-order valence-corrected chi connectivity index (χ2v) is 28.2. The summed E-state index contributed by atoms with van der Waals surface area (Å²) < 4.78 is 68.2. The van der Waals surface area contributed by atoms with Crippen molar-refractivity contribution in [2.24, 2.45) is 0 Å². The van der Waals surface area contributed by atoms with Crippen LogP contribution in [0.25, 0.3) is 0 Å². The van der Waals surface area contributed by atoms with Gasteiger partial charge in [-0.25, -0.2) is 9.13 Å². The smallest absolute Gasteiger partial charge is 0.462 e. The van der Waals surface area contributed by atoms with Crippen LogP contribution in [0, 0.1) is 0 Å². The van der Waals surface area contributed by atoms with E-state index in [1.165, 1.54) is 186 Å². The second kappa shape index (κ2) is 64.8. The van der Waals surface area contributed by atoms with Crippen LogP contribution >= 0.6 is 15.6 Å². The van der Waals surface area contributed by atoms with E-state index < -0.39 is 97.5 Å². The number of esters is 4. The van der Waals surface area contributed by atoms with Gasteiger partial charge in [-0.2, -0.15) is 0 Å². The van der Waals surface area contributed by atoms with E-state index in [9.17, 15) is 43.2 Å². The molecule has 528 valence electrons. The molecule has 0 spiro atoms. The van der Waals surface area contributed by atoms with Gasteiger partial charge in [0.1, 0.15) is 19.3 Å². The van der Waals surface area contributed by atoms with E-state index in [-0.39, 0.29) is 25.7 Å². The fraction of sp³-hybridized carbons (Fsp3) is 0.943. The van der Waals surface area contributed by atoms with Crippen molar-refractivity contribution in [3.05, 3.63) is 0 Å². The summed E-state index contributed by atoms with van der Waals surface area (Å²) in [6, 6.07) is 0. The molecule has 0 heterocycles. The number of aliphatic hydroxyl groups excluding tert-OH is 1. The highest BCUT2D eigenvalue weighted by Gasteiger charge is 2.30. The van der Waals surface area contributed by atoms with Crippen molar-refractivity contribution in [2.45, 2.75) is 386 Å². The summed E-state index contributed by atoms with van der Waals surface area (Å²) in [6.45, 7) is 4.91. The van der Waals surface area contributed by atoms with Crippen LogP contribution in [0.2, 0.25) is 0 Å². The molecule has 0 saturated carbocycles. The first-order chi connectivity index (χ1) is 43.2. The van der Waals surface area contributed by atoms with Crippen LogP contribution in [0.1, 0.15) is 368 Å². The zero-order valence-corrected chi connectivity index (χ0v) is 59.2. The fourth-order valence-corrected chi connectivity index (χ4v) is 12.3. The zero-order chi connectivity index (χ0) is 65.4. The lowest BCUT2D eigenvalue weighted by Gasteiger charge is -2.21. The van der Waals surface area contributed by atoms with Crippen molar-refractivity contribution in [3.63, 3.8) is 0 Å². The molecule has 3 N–H and O–H groups in total.